The van der Waals surface area contributed by atoms with Crippen LogP contribution in [0.4, 0.5) is 0 Å². The smallest absolute Gasteiger partial charge is 0.325 e. The van der Waals surface area contributed by atoms with Gasteiger partial charge in [-0.25, -0.2) is 0 Å². The lowest BCUT2D eigenvalue weighted by atomic mass is 10.1. The summed E-state index contributed by atoms with van der Waals surface area (Å²) < 4.78 is 14.9. The summed E-state index contributed by atoms with van der Waals surface area (Å²) in [5, 5.41) is 3.24. The monoisotopic (exact) mass is 370 g/mol. The average molecular weight is 371 g/mol. The minimum absolute atomic E-state index is 0.119. The van der Waals surface area contributed by atoms with Gasteiger partial charge in [-0.1, -0.05) is 11.6 Å². The van der Waals surface area contributed by atoms with Crippen molar-refractivity contribution in [1.29, 1.82) is 0 Å². The van der Waals surface area contributed by atoms with Gasteiger partial charge in [-0.2, -0.15) is 0 Å². The Balaban J connectivity index is 2.34. The summed E-state index contributed by atoms with van der Waals surface area (Å²) in [6.45, 7) is -0.266. The number of halogens is 1. The Morgan fingerprint density at radius 3 is 2.50 bits per heavy atom. The summed E-state index contributed by atoms with van der Waals surface area (Å²) in [4.78, 5) is 24.8. The van der Waals surface area contributed by atoms with Crippen LogP contribution in [-0.2, 0) is 14.3 Å². The highest BCUT2D eigenvalue weighted by Crippen LogP contribution is 2.34. The first-order valence-corrected chi connectivity index (χ1v) is 7.52. The first-order valence-electron chi connectivity index (χ1n) is 6.74. The maximum absolute atomic E-state index is 12.4. The lowest BCUT2D eigenvalue weighted by molar-refractivity contribution is -0.143. The van der Waals surface area contributed by atoms with Gasteiger partial charge in [0.25, 0.3) is 5.91 Å². The van der Waals surface area contributed by atoms with Crippen LogP contribution in [0, 0.1) is 0 Å². The highest BCUT2D eigenvalue weighted by molar-refractivity contribution is 7.80. The van der Waals surface area contributed by atoms with Gasteiger partial charge in [0.2, 0.25) is 0 Å². The van der Waals surface area contributed by atoms with E-state index in [1.54, 1.807) is 12.1 Å². The van der Waals surface area contributed by atoms with Gasteiger partial charge in [-0.05, 0) is 29.9 Å². The molecule has 128 valence electrons. The van der Waals surface area contributed by atoms with Crippen LogP contribution in [0.2, 0.25) is 5.02 Å². The number of thiocarbonyl (C=S) groups is 1. The van der Waals surface area contributed by atoms with Crippen LogP contribution in [-0.4, -0.2) is 49.8 Å². The van der Waals surface area contributed by atoms with Crippen molar-refractivity contribution >= 4 is 46.9 Å². The molecule has 0 spiro atoms. The Kier molecular flexibility index (Phi) is 5.63. The molecule has 0 atom stereocenters. The number of benzene rings is 1. The third kappa shape index (κ3) is 3.60. The number of ether oxygens (including phenoxy) is 3. The van der Waals surface area contributed by atoms with Crippen LogP contribution < -0.4 is 14.8 Å². The van der Waals surface area contributed by atoms with Crippen LogP contribution in [0.3, 0.4) is 0 Å². The molecule has 1 N–H and O–H groups in total. The fourth-order valence-electron chi connectivity index (χ4n) is 2.04. The van der Waals surface area contributed by atoms with E-state index in [-0.39, 0.29) is 17.4 Å². The van der Waals surface area contributed by atoms with Gasteiger partial charge in [0, 0.05) is 6.07 Å². The number of carbonyl (C=O) groups is 2. The maximum atomic E-state index is 12.4. The Labute approximate surface area is 149 Å². The molecule has 0 aromatic heterocycles. The molecular formula is C15H15ClN2O5S. The van der Waals surface area contributed by atoms with Gasteiger partial charge in [0.1, 0.15) is 12.2 Å². The lowest BCUT2D eigenvalue weighted by Gasteiger charge is -2.11. The number of nitrogens with zero attached hydrogens (tertiary/aromatic N) is 1. The first-order chi connectivity index (χ1) is 11.4. The molecule has 1 aromatic rings. The SMILES string of the molecule is COC(=O)CN1C(=O)/C(=C/c2cc(OC)c(OC)cc2Cl)NC1=S. The van der Waals surface area contributed by atoms with Gasteiger partial charge in [0.05, 0.1) is 26.4 Å². The van der Waals surface area contributed by atoms with Crippen LogP contribution in [0.5, 0.6) is 11.5 Å². The fraction of sp³-hybridized carbons (Fsp3) is 0.267. The average Bonchev–Trinajstić information content (AvgIpc) is 2.83. The number of rotatable bonds is 5. The summed E-state index contributed by atoms with van der Waals surface area (Å²) >= 11 is 11.3. The molecule has 1 heterocycles. The summed E-state index contributed by atoms with van der Waals surface area (Å²) in [7, 11) is 4.23. The second-order valence-electron chi connectivity index (χ2n) is 4.68. The third-order valence-corrected chi connectivity index (χ3v) is 3.93. The van der Waals surface area contributed by atoms with Crippen molar-refractivity contribution in [2.24, 2.45) is 0 Å². The number of amides is 1. The zero-order valence-electron chi connectivity index (χ0n) is 13.2. The molecule has 2 rings (SSSR count). The fourth-order valence-corrected chi connectivity index (χ4v) is 2.51. The quantitative estimate of drug-likeness (QED) is 0.479. The topological polar surface area (TPSA) is 77.1 Å². The Morgan fingerprint density at radius 2 is 1.92 bits per heavy atom. The molecule has 0 unspecified atom stereocenters. The van der Waals surface area contributed by atoms with E-state index in [1.165, 1.54) is 27.4 Å². The van der Waals surface area contributed by atoms with E-state index in [9.17, 15) is 9.59 Å². The van der Waals surface area contributed by atoms with Gasteiger partial charge in [-0.3, -0.25) is 14.5 Å². The van der Waals surface area contributed by atoms with E-state index in [4.69, 9.17) is 33.3 Å². The predicted molar refractivity (Wildman–Crippen MR) is 92.0 cm³/mol. The zero-order chi connectivity index (χ0) is 17.9. The Bertz CT molecular complexity index is 735. The van der Waals surface area contributed by atoms with E-state index in [0.29, 0.717) is 22.1 Å². The van der Waals surface area contributed by atoms with Gasteiger partial charge in [-0.15, -0.1) is 0 Å². The van der Waals surface area contributed by atoms with E-state index in [1.807, 2.05) is 0 Å². The molecule has 1 aliphatic heterocycles. The molecule has 0 bridgehead atoms. The predicted octanol–water partition coefficient (Wildman–Crippen LogP) is 1.59. The van der Waals surface area contributed by atoms with Gasteiger partial charge in [0.15, 0.2) is 16.6 Å². The molecule has 1 saturated heterocycles. The highest BCUT2D eigenvalue weighted by atomic mass is 35.5. The summed E-state index contributed by atoms with van der Waals surface area (Å²) in [5.74, 6) is -0.0828. The molecule has 7 nitrogen and oxygen atoms in total. The minimum atomic E-state index is -0.571. The molecule has 0 aliphatic carbocycles. The molecule has 1 fully saturated rings. The van der Waals surface area contributed by atoms with Gasteiger partial charge >= 0.3 is 5.97 Å². The van der Waals surface area contributed by atoms with Crippen molar-refractivity contribution in [1.82, 2.24) is 10.2 Å². The van der Waals surface area contributed by atoms with Crippen LogP contribution in [0.15, 0.2) is 17.8 Å². The van der Waals surface area contributed by atoms with Crippen LogP contribution in [0.25, 0.3) is 6.08 Å². The third-order valence-electron chi connectivity index (χ3n) is 3.28. The molecule has 9 heteroatoms. The normalized spacial score (nSPS) is 15.5. The molecule has 24 heavy (non-hydrogen) atoms. The highest BCUT2D eigenvalue weighted by Gasteiger charge is 2.32. The number of carbonyl (C=O) groups excluding carboxylic acids is 2. The molecular weight excluding hydrogens is 356 g/mol. The summed E-state index contributed by atoms with van der Waals surface area (Å²) in [6.07, 6.45) is 1.52. The number of nitrogens with one attached hydrogen (secondary N) is 1. The Hall–Kier alpha value is -2.32. The van der Waals surface area contributed by atoms with Gasteiger partial charge < -0.3 is 19.5 Å². The summed E-state index contributed by atoms with van der Waals surface area (Å²) in [6, 6.07) is 3.21. The molecule has 0 saturated carbocycles. The number of esters is 1. The second-order valence-corrected chi connectivity index (χ2v) is 5.48. The van der Waals surface area contributed by atoms with E-state index >= 15 is 0 Å². The summed E-state index contributed by atoms with van der Waals surface area (Å²) in [5.41, 5.74) is 0.728. The second kappa shape index (κ2) is 7.50. The molecule has 0 radical (unpaired) electrons. The van der Waals surface area contributed by atoms with Crippen molar-refractivity contribution in [3.8, 4) is 11.5 Å². The molecule has 1 amide bonds. The lowest BCUT2D eigenvalue weighted by Crippen LogP contribution is -2.35. The van der Waals surface area contributed by atoms with Crippen molar-refractivity contribution in [2.75, 3.05) is 27.9 Å². The van der Waals surface area contributed by atoms with E-state index in [0.717, 1.165) is 4.90 Å². The largest absolute Gasteiger partial charge is 0.493 e. The molecule has 1 aliphatic rings. The number of hydrogen-bond acceptors (Lipinski definition) is 6. The standard InChI is InChI=1S/C15H15ClN2O5S/c1-21-11-5-8(9(16)6-12(11)22-2)4-10-14(20)18(15(24)17-10)7-13(19)23-3/h4-6H,7H2,1-3H3,(H,17,24)/b10-4-. The molecule has 1 aromatic carbocycles. The van der Waals surface area contributed by atoms with Crippen molar-refractivity contribution < 1.29 is 23.8 Å². The number of methoxy groups -OCH3 is 3. The maximum Gasteiger partial charge on any atom is 0.325 e. The van der Waals surface area contributed by atoms with E-state index in [2.05, 4.69) is 10.1 Å². The van der Waals surface area contributed by atoms with Crippen LogP contribution in [0.1, 0.15) is 5.56 Å². The van der Waals surface area contributed by atoms with Crippen molar-refractivity contribution in [3.63, 3.8) is 0 Å². The van der Waals surface area contributed by atoms with Crippen molar-refractivity contribution in [3.05, 3.63) is 28.4 Å². The first kappa shape index (κ1) is 18.0. The van der Waals surface area contributed by atoms with E-state index < -0.39 is 11.9 Å². The van der Waals surface area contributed by atoms with Crippen LogP contribution >= 0.6 is 23.8 Å². The minimum Gasteiger partial charge on any atom is -0.493 e. The zero-order valence-corrected chi connectivity index (χ0v) is 14.8. The van der Waals surface area contributed by atoms with Crippen molar-refractivity contribution in [2.45, 2.75) is 0 Å². The Morgan fingerprint density at radius 1 is 1.29 bits per heavy atom. The number of hydrogen-bond donors (Lipinski definition) is 1.